The quantitative estimate of drug-likeness (QED) is 0.455. The van der Waals surface area contributed by atoms with Crippen molar-refractivity contribution in [3.8, 4) is 11.3 Å². The second-order valence-electron chi connectivity index (χ2n) is 7.34. The Morgan fingerprint density at radius 2 is 1.58 bits per heavy atom. The molecule has 10 heteroatoms. The van der Waals surface area contributed by atoms with Gasteiger partial charge in [-0.25, -0.2) is 9.97 Å². The van der Waals surface area contributed by atoms with Crippen molar-refractivity contribution in [1.29, 1.82) is 0 Å². The first kappa shape index (κ1) is 21.0. The Hall–Kier alpha value is -3.28. The topological polar surface area (TPSA) is 72.7 Å². The van der Waals surface area contributed by atoms with Crippen molar-refractivity contribution < 1.29 is 4.79 Å². The lowest BCUT2D eigenvalue weighted by Crippen LogP contribution is -2.49. The normalized spacial score (nSPS) is 11.1. The third kappa shape index (κ3) is 3.56. The number of amides is 1. The molecule has 0 saturated carbocycles. The second kappa shape index (κ2) is 7.76. The third-order valence-electron chi connectivity index (χ3n) is 5.48. The van der Waals surface area contributed by atoms with Gasteiger partial charge in [0.1, 0.15) is 43.0 Å². The molecule has 1 N–H and O–H groups in total. The molecule has 0 spiro atoms. The van der Waals surface area contributed by atoms with E-state index in [0.29, 0.717) is 16.9 Å². The molecule has 1 amide bonds. The predicted molar refractivity (Wildman–Crippen MR) is 127 cm³/mol. The van der Waals surface area contributed by atoms with Gasteiger partial charge in [0, 0.05) is 29.8 Å². The molecule has 0 unspecified atom stereocenters. The highest BCUT2D eigenvalue weighted by atomic mass is 16.1. The van der Waals surface area contributed by atoms with Gasteiger partial charge < -0.3 is 9.88 Å². The van der Waals surface area contributed by atoms with Crippen LogP contribution in [0.5, 0.6) is 0 Å². The van der Waals surface area contributed by atoms with E-state index in [1.165, 1.54) is 0 Å². The van der Waals surface area contributed by atoms with Crippen LogP contribution in [0.15, 0.2) is 30.7 Å². The molecule has 0 aliphatic heterocycles. The first-order chi connectivity index (χ1) is 14.7. The highest BCUT2D eigenvalue weighted by molar-refractivity contribution is 6.60. The lowest BCUT2D eigenvalue weighted by molar-refractivity contribution is 0.102. The summed E-state index contributed by atoms with van der Waals surface area (Å²) in [6.07, 6.45) is 5.13. The van der Waals surface area contributed by atoms with Crippen molar-refractivity contribution in [3.63, 3.8) is 0 Å². The van der Waals surface area contributed by atoms with E-state index in [-0.39, 0.29) is 27.4 Å². The molecule has 4 aromatic rings. The van der Waals surface area contributed by atoms with Gasteiger partial charge in [-0.05, 0) is 26.0 Å². The number of aryl methyl sites for hydroxylation is 1. The van der Waals surface area contributed by atoms with Crippen LogP contribution in [0, 0.1) is 13.8 Å². The standard InChI is InChI=1S/C21H15B4N5O/c1-9-17(22)19(24)16(20(25)18(9)23)21(31)29-15-5-11-4-12(6-27-13(11)7-28-15)14-8-26-10(2)30(14)3/h4-8H,1-3H3,(H,28,29,31). The number of imidazole rings is 1. The highest BCUT2D eigenvalue weighted by Gasteiger charge is 2.17. The molecular weight excluding hydrogens is 382 g/mol. The van der Waals surface area contributed by atoms with E-state index in [1.807, 2.05) is 24.6 Å². The van der Waals surface area contributed by atoms with E-state index in [0.717, 1.165) is 22.5 Å². The maximum Gasteiger partial charge on any atom is 0.255 e. The largest absolute Gasteiger partial charge is 0.331 e. The minimum Gasteiger partial charge on any atom is -0.331 e. The monoisotopic (exact) mass is 397 g/mol. The van der Waals surface area contributed by atoms with Crippen molar-refractivity contribution in [3.05, 3.63) is 47.7 Å². The number of fused-ring (bicyclic) bond motifs is 1. The van der Waals surface area contributed by atoms with Gasteiger partial charge in [0.25, 0.3) is 5.91 Å². The molecule has 0 bridgehead atoms. The van der Waals surface area contributed by atoms with Gasteiger partial charge >= 0.3 is 0 Å². The van der Waals surface area contributed by atoms with Crippen LogP contribution < -0.4 is 27.2 Å². The fourth-order valence-electron chi connectivity index (χ4n) is 3.40. The molecule has 0 atom stereocenters. The van der Waals surface area contributed by atoms with Crippen LogP contribution >= 0.6 is 0 Å². The number of rotatable bonds is 3. The molecule has 1 aromatic carbocycles. The molecule has 31 heavy (non-hydrogen) atoms. The van der Waals surface area contributed by atoms with Crippen molar-refractivity contribution in [2.24, 2.45) is 7.05 Å². The molecule has 3 heterocycles. The van der Waals surface area contributed by atoms with Crippen molar-refractivity contribution in [2.45, 2.75) is 13.8 Å². The number of hydrogen-bond acceptors (Lipinski definition) is 4. The maximum absolute atomic E-state index is 12.9. The van der Waals surface area contributed by atoms with Crippen LogP contribution in [-0.4, -0.2) is 56.8 Å². The zero-order chi connectivity index (χ0) is 22.4. The molecule has 0 aliphatic rings. The van der Waals surface area contributed by atoms with Crippen molar-refractivity contribution in [1.82, 2.24) is 19.5 Å². The second-order valence-corrected chi connectivity index (χ2v) is 7.34. The molecule has 0 aliphatic carbocycles. The highest BCUT2D eigenvalue weighted by Crippen LogP contribution is 2.24. The molecule has 6 nitrogen and oxygen atoms in total. The maximum atomic E-state index is 12.9. The number of benzene rings is 1. The van der Waals surface area contributed by atoms with E-state index in [9.17, 15) is 4.79 Å². The summed E-state index contributed by atoms with van der Waals surface area (Å²) in [5.41, 5.74) is 3.69. The molecule has 142 valence electrons. The zero-order valence-electron chi connectivity index (χ0n) is 17.4. The number of carbonyl (C=O) groups excluding carboxylic acids is 1. The minimum absolute atomic E-state index is 0.0275. The smallest absolute Gasteiger partial charge is 0.255 e. The molecule has 3 aromatic heterocycles. The Kier molecular flexibility index (Phi) is 5.25. The number of anilines is 1. The van der Waals surface area contributed by atoms with E-state index in [1.54, 1.807) is 31.6 Å². The Morgan fingerprint density at radius 3 is 2.19 bits per heavy atom. The van der Waals surface area contributed by atoms with Gasteiger partial charge in [0.2, 0.25) is 0 Å². The summed E-state index contributed by atoms with van der Waals surface area (Å²) in [4.78, 5) is 25.9. The summed E-state index contributed by atoms with van der Waals surface area (Å²) in [6.45, 7) is 3.62. The molecular formula is C21H15B4N5O. The van der Waals surface area contributed by atoms with Crippen LogP contribution in [0.25, 0.3) is 22.2 Å². The summed E-state index contributed by atoms with van der Waals surface area (Å²) in [7, 11) is 26.0. The van der Waals surface area contributed by atoms with Crippen LogP contribution in [0.2, 0.25) is 0 Å². The fourth-order valence-corrected chi connectivity index (χ4v) is 3.40. The van der Waals surface area contributed by atoms with Gasteiger partial charge in [-0.1, -0.05) is 16.5 Å². The Morgan fingerprint density at radius 1 is 0.903 bits per heavy atom. The number of hydrogen-bond donors (Lipinski definition) is 1. The van der Waals surface area contributed by atoms with Gasteiger partial charge in [-0.2, -0.15) is 0 Å². The summed E-state index contributed by atoms with van der Waals surface area (Å²) >= 11 is 0. The number of pyridine rings is 2. The van der Waals surface area contributed by atoms with Gasteiger partial charge in [-0.3, -0.25) is 9.78 Å². The summed E-state index contributed by atoms with van der Waals surface area (Å²) in [6, 6.07) is 3.68. The Bertz CT molecular complexity index is 1340. The van der Waals surface area contributed by atoms with Crippen LogP contribution in [0.1, 0.15) is 21.7 Å². The Balaban J connectivity index is 1.71. The summed E-state index contributed by atoms with van der Waals surface area (Å²) in [5, 5.41) is 3.51. The number of carbonyl (C=O) groups is 1. The number of nitrogens with zero attached hydrogens (tertiary/aromatic N) is 4. The average Bonchev–Trinajstić information content (AvgIpc) is 3.09. The van der Waals surface area contributed by atoms with Crippen molar-refractivity contribution in [2.75, 3.05) is 5.32 Å². The lowest BCUT2D eigenvalue weighted by Gasteiger charge is -2.19. The van der Waals surface area contributed by atoms with Gasteiger partial charge in [0.05, 0.1) is 23.6 Å². The number of aromatic nitrogens is 4. The SMILES string of the molecule is [B]c1c([B])c(C(=O)Nc2cc3cc(-c4cnc(C)n4C)cnc3cn2)c([B])c([B])c1C. The first-order valence-corrected chi connectivity index (χ1v) is 9.47. The van der Waals surface area contributed by atoms with Crippen molar-refractivity contribution >= 4 is 75.9 Å². The molecule has 8 radical (unpaired) electrons. The van der Waals surface area contributed by atoms with Crippen LogP contribution in [0.3, 0.4) is 0 Å². The zero-order valence-corrected chi connectivity index (χ0v) is 17.4. The molecule has 0 saturated heterocycles. The molecule has 4 rings (SSSR count). The van der Waals surface area contributed by atoms with E-state index >= 15 is 0 Å². The van der Waals surface area contributed by atoms with Gasteiger partial charge in [-0.15, -0.1) is 10.9 Å². The average molecular weight is 397 g/mol. The van der Waals surface area contributed by atoms with Crippen LogP contribution in [-0.2, 0) is 7.05 Å². The summed E-state index contributed by atoms with van der Waals surface area (Å²) in [5.74, 6) is 0.658. The Labute approximate surface area is 185 Å². The van der Waals surface area contributed by atoms with E-state index < -0.39 is 5.91 Å². The summed E-state index contributed by atoms with van der Waals surface area (Å²) < 4.78 is 1.98. The number of nitrogens with one attached hydrogen (secondary N) is 1. The lowest BCUT2D eigenvalue weighted by atomic mass is 9.64. The van der Waals surface area contributed by atoms with Gasteiger partial charge in [0.15, 0.2) is 0 Å². The first-order valence-electron chi connectivity index (χ1n) is 9.47. The van der Waals surface area contributed by atoms with E-state index in [4.69, 9.17) is 31.4 Å². The third-order valence-corrected chi connectivity index (χ3v) is 5.48. The predicted octanol–water partition coefficient (Wildman–Crippen LogP) is -0.925. The minimum atomic E-state index is -0.549. The fraction of sp³-hybridized carbons (Fsp3) is 0.143. The van der Waals surface area contributed by atoms with E-state index in [2.05, 4.69) is 20.3 Å². The van der Waals surface area contributed by atoms with Crippen LogP contribution in [0.4, 0.5) is 5.82 Å². The molecule has 0 fully saturated rings.